The quantitative estimate of drug-likeness (QED) is 0.106. The molecule has 206 valence electrons. The summed E-state index contributed by atoms with van der Waals surface area (Å²) in [6.45, 7) is 3.44. The van der Waals surface area contributed by atoms with E-state index in [4.69, 9.17) is 17.2 Å². The number of nitrogens with two attached hydrogens (primary N) is 3. The Morgan fingerprint density at radius 1 is 0.946 bits per heavy atom. The topological polar surface area (TPSA) is 265 Å². The summed E-state index contributed by atoms with van der Waals surface area (Å²) < 4.78 is 0. The normalized spacial score (nSPS) is 14.9. The predicted octanol–water partition coefficient (Wildman–Crippen LogP) is -2.60. The number of hydrogen-bond donors (Lipinski definition) is 8. The van der Waals surface area contributed by atoms with Crippen molar-refractivity contribution in [1.82, 2.24) is 25.9 Å². The highest BCUT2D eigenvalue weighted by Crippen LogP contribution is 2.10. The number of aromatic nitrogens is 2. The van der Waals surface area contributed by atoms with Crippen molar-refractivity contribution >= 4 is 35.5 Å². The molecule has 5 unspecified atom stereocenters. The van der Waals surface area contributed by atoms with Crippen LogP contribution in [0.2, 0.25) is 0 Å². The molecule has 5 atom stereocenters. The largest absolute Gasteiger partial charge is 0.480 e. The van der Waals surface area contributed by atoms with Gasteiger partial charge in [-0.2, -0.15) is 0 Å². The summed E-state index contributed by atoms with van der Waals surface area (Å²) >= 11 is 0. The third kappa shape index (κ3) is 11.1. The average Bonchev–Trinajstić information content (AvgIpc) is 3.34. The number of H-pyrrole nitrogens is 1. The lowest BCUT2D eigenvalue weighted by atomic mass is 9.98. The summed E-state index contributed by atoms with van der Waals surface area (Å²) in [6.07, 6.45) is 2.53. The number of carbonyl (C=O) groups is 6. The zero-order chi connectivity index (χ0) is 28.1. The number of carbonyl (C=O) groups excluding carboxylic acids is 5. The van der Waals surface area contributed by atoms with Crippen LogP contribution in [0.5, 0.6) is 0 Å². The van der Waals surface area contributed by atoms with Gasteiger partial charge in [0, 0.05) is 31.2 Å². The lowest BCUT2D eigenvalue weighted by Gasteiger charge is -2.26. The maximum absolute atomic E-state index is 13.1. The fraction of sp³-hybridized carbons (Fsp3) is 0.591. The van der Waals surface area contributed by atoms with E-state index in [9.17, 15) is 33.9 Å². The van der Waals surface area contributed by atoms with Crippen molar-refractivity contribution in [2.75, 3.05) is 0 Å². The molecule has 0 spiro atoms. The summed E-state index contributed by atoms with van der Waals surface area (Å²) in [6, 6.07) is -4.92. The highest BCUT2D eigenvalue weighted by molar-refractivity contribution is 5.94. The minimum Gasteiger partial charge on any atom is -0.480 e. The fourth-order valence-electron chi connectivity index (χ4n) is 3.30. The number of nitrogens with one attached hydrogen (secondary N) is 4. The molecule has 15 heteroatoms. The highest BCUT2D eigenvalue weighted by atomic mass is 16.4. The third-order valence-electron chi connectivity index (χ3n) is 5.74. The smallest absolute Gasteiger partial charge is 0.326 e. The van der Waals surface area contributed by atoms with Crippen molar-refractivity contribution < 1.29 is 33.9 Å². The van der Waals surface area contributed by atoms with Crippen LogP contribution in [0.1, 0.15) is 51.6 Å². The minimum absolute atomic E-state index is 0.0671. The number of nitrogens with zero attached hydrogens (tertiary/aromatic N) is 1. The van der Waals surface area contributed by atoms with Gasteiger partial charge in [-0.3, -0.25) is 24.0 Å². The van der Waals surface area contributed by atoms with Crippen molar-refractivity contribution in [1.29, 1.82) is 0 Å². The van der Waals surface area contributed by atoms with E-state index in [2.05, 4.69) is 25.9 Å². The highest BCUT2D eigenvalue weighted by Gasteiger charge is 2.32. The number of aromatic amines is 1. The number of carboxylic acid groups (broad SMARTS) is 1. The molecular formula is C22H36N8O7. The molecule has 0 saturated heterocycles. The predicted molar refractivity (Wildman–Crippen MR) is 130 cm³/mol. The van der Waals surface area contributed by atoms with Crippen LogP contribution in [0.25, 0.3) is 0 Å². The van der Waals surface area contributed by atoms with E-state index < -0.39 is 65.6 Å². The van der Waals surface area contributed by atoms with Gasteiger partial charge in [0.15, 0.2) is 0 Å². The number of amides is 5. The standard InChI is InChI=1S/C22H36N8O7/c1-3-11(2)18(22(36)37)30-21(35)15(8-12-9-26-10-27-12)29-20(34)14(5-7-17(25)32)28-19(33)13(23)4-6-16(24)31/h9-11,13-15,18H,3-8,23H2,1-2H3,(H2,24,31)(H2,25,32)(H,26,27)(H,28,33)(H,29,34)(H,30,35)(H,36,37). The molecule has 0 aromatic carbocycles. The van der Waals surface area contributed by atoms with Crippen LogP contribution in [0.4, 0.5) is 0 Å². The maximum Gasteiger partial charge on any atom is 0.326 e. The van der Waals surface area contributed by atoms with E-state index in [0.29, 0.717) is 12.1 Å². The summed E-state index contributed by atoms with van der Waals surface area (Å²) in [4.78, 5) is 79.3. The fourth-order valence-corrected chi connectivity index (χ4v) is 3.30. The van der Waals surface area contributed by atoms with Gasteiger partial charge in [0.05, 0.1) is 12.4 Å². The second kappa shape index (κ2) is 15.2. The number of carboxylic acids is 1. The molecule has 0 aliphatic heterocycles. The van der Waals surface area contributed by atoms with Gasteiger partial charge in [-0.25, -0.2) is 9.78 Å². The average molecular weight is 525 g/mol. The van der Waals surface area contributed by atoms with Crippen molar-refractivity contribution in [3.05, 3.63) is 18.2 Å². The van der Waals surface area contributed by atoms with Gasteiger partial charge >= 0.3 is 5.97 Å². The molecule has 0 bridgehead atoms. The molecule has 15 nitrogen and oxygen atoms in total. The van der Waals surface area contributed by atoms with E-state index in [1.54, 1.807) is 13.8 Å². The van der Waals surface area contributed by atoms with Gasteiger partial charge < -0.3 is 43.2 Å². The molecule has 1 aromatic rings. The number of hydrogen-bond acceptors (Lipinski definition) is 8. The van der Waals surface area contributed by atoms with E-state index in [1.807, 2.05) is 0 Å². The van der Waals surface area contributed by atoms with Gasteiger partial charge in [-0.05, 0) is 18.8 Å². The molecule has 0 fully saturated rings. The van der Waals surface area contributed by atoms with E-state index in [0.717, 1.165) is 0 Å². The first-order valence-corrected chi connectivity index (χ1v) is 11.8. The molecule has 1 rings (SSSR count). The zero-order valence-corrected chi connectivity index (χ0v) is 20.9. The van der Waals surface area contributed by atoms with Crippen molar-refractivity contribution in [2.24, 2.45) is 23.1 Å². The second-order valence-electron chi connectivity index (χ2n) is 8.73. The summed E-state index contributed by atoms with van der Waals surface area (Å²) in [7, 11) is 0. The van der Waals surface area contributed by atoms with Crippen LogP contribution in [0.3, 0.4) is 0 Å². The van der Waals surface area contributed by atoms with Gasteiger partial charge in [-0.1, -0.05) is 20.3 Å². The first-order chi connectivity index (χ1) is 17.3. The molecule has 0 saturated carbocycles. The van der Waals surface area contributed by atoms with E-state index >= 15 is 0 Å². The molecule has 1 aromatic heterocycles. The number of primary amides is 2. The molecule has 1 heterocycles. The molecule has 0 radical (unpaired) electrons. The number of imidazole rings is 1. The summed E-state index contributed by atoms with van der Waals surface area (Å²) in [5.41, 5.74) is 16.5. The van der Waals surface area contributed by atoms with Gasteiger partial charge in [0.1, 0.15) is 18.1 Å². The Kier molecular flexibility index (Phi) is 12.7. The first-order valence-electron chi connectivity index (χ1n) is 11.8. The molecule has 11 N–H and O–H groups in total. The van der Waals surface area contributed by atoms with Crippen LogP contribution in [-0.2, 0) is 35.2 Å². The summed E-state index contributed by atoms with van der Waals surface area (Å²) in [5.74, 6) is -5.38. The molecule has 0 aliphatic rings. The lowest BCUT2D eigenvalue weighted by Crippen LogP contribution is -2.58. The van der Waals surface area contributed by atoms with Crippen LogP contribution in [-0.4, -0.2) is 74.7 Å². The van der Waals surface area contributed by atoms with Gasteiger partial charge in [0.2, 0.25) is 29.5 Å². The van der Waals surface area contributed by atoms with Crippen molar-refractivity contribution in [3.63, 3.8) is 0 Å². The number of rotatable bonds is 17. The molecule has 5 amide bonds. The third-order valence-corrected chi connectivity index (χ3v) is 5.74. The minimum atomic E-state index is -1.30. The van der Waals surface area contributed by atoms with Crippen LogP contribution < -0.4 is 33.2 Å². The van der Waals surface area contributed by atoms with E-state index in [1.165, 1.54) is 12.5 Å². The Labute approximate surface area is 213 Å². The molecule has 0 aliphatic carbocycles. The number of aliphatic carboxylic acids is 1. The first kappa shape index (κ1) is 31.0. The monoisotopic (exact) mass is 524 g/mol. The SMILES string of the molecule is CCC(C)C(NC(=O)C(Cc1cnc[nH]1)NC(=O)C(CCC(N)=O)NC(=O)C(N)CCC(N)=O)C(=O)O. The van der Waals surface area contributed by atoms with Gasteiger partial charge in [0.25, 0.3) is 0 Å². The van der Waals surface area contributed by atoms with Gasteiger partial charge in [-0.15, -0.1) is 0 Å². The lowest BCUT2D eigenvalue weighted by molar-refractivity contribution is -0.143. The van der Waals surface area contributed by atoms with Crippen LogP contribution >= 0.6 is 0 Å². The molecular weight excluding hydrogens is 488 g/mol. The second-order valence-corrected chi connectivity index (χ2v) is 8.73. The van der Waals surface area contributed by atoms with E-state index in [-0.39, 0.29) is 32.1 Å². The van der Waals surface area contributed by atoms with Crippen LogP contribution in [0.15, 0.2) is 12.5 Å². The Balaban J connectivity index is 3.09. The Morgan fingerprint density at radius 2 is 1.51 bits per heavy atom. The Hall–Kier alpha value is -4.01. The van der Waals surface area contributed by atoms with Crippen molar-refractivity contribution in [2.45, 2.75) is 76.5 Å². The molecule has 37 heavy (non-hydrogen) atoms. The Morgan fingerprint density at radius 3 is 2.03 bits per heavy atom. The van der Waals surface area contributed by atoms with Crippen LogP contribution in [0, 0.1) is 5.92 Å². The summed E-state index contributed by atoms with van der Waals surface area (Å²) in [5, 5.41) is 16.9. The zero-order valence-electron chi connectivity index (χ0n) is 20.9. The Bertz CT molecular complexity index is 953. The van der Waals surface area contributed by atoms with Crippen molar-refractivity contribution in [3.8, 4) is 0 Å². The maximum atomic E-state index is 13.1.